The highest BCUT2D eigenvalue weighted by Gasteiger charge is 2.51. The highest BCUT2D eigenvalue weighted by Crippen LogP contribution is 2.36. The Balaban J connectivity index is 1.82. The van der Waals surface area contributed by atoms with Crippen molar-refractivity contribution >= 4 is 12.6 Å². The van der Waals surface area contributed by atoms with Gasteiger partial charge in [-0.25, -0.2) is 9.97 Å². The van der Waals surface area contributed by atoms with Crippen LogP contribution in [-0.2, 0) is 9.31 Å². The molecule has 1 saturated heterocycles. The highest BCUT2D eigenvalue weighted by molar-refractivity contribution is 6.61. The van der Waals surface area contributed by atoms with Gasteiger partial charge in [0.2, 0.25) is 0 Å². The largest absolute Gasteiger partial charge is 0.498 e. The average molecular weight is 296 g/mol. The first-order valence-electron chi connectivity index (χ1n) is 7.53. The summed E-state index contributed by atoms with van der Waals surface area (Å²) in [6, 6.07) is 8.17. The molecule has 0 spiro atoms. The molecule has 0 N–H and O–H groups in total. The van der Waals surface area contributed by atoms with Crippen LogP contribution in [-0.4, -0.2) is 28.3 Å². The van der Waals surface area contributed by atoms with E-state index in [9.17, 15) is 0 Å². The van der Waals surface area contributed by atoms with Crippen molar-refractivity contribution < 1.29 is 9.31 Å². The molecule has 0 bridgehead atoms. The minimum absolute atomic E-state index is 0.354. The number of benzene rings is 1. The van der Waals surface area contributed by atoms with Gasteiger partial charge < -0.3 is 9.31 Å². The maximum Gasteiger partial charge on any atom is 0.498 e. The molecule has 2 heterocycles. The summed E-state index contributed by atoms with van der Waals surface area (Å²) in [5.74, 6) is 0.709. The first-order valence-corrected chi connectivity index (χ1v) is 7.53. The van der Waals surface area contributed by atoms with Crippen molar-refractivity contribution in [2.24, 2.45) is 0 Å². The Kier molecular flexibility index (Phi) is 3.58. The number of nitrogens with zero attached hydrogens (tertiary/aromatic N) is 2. The first kappa shape index (κ1) is 15.2. The summed E-state index contributed by atoms with van der Waals surface area (Å²) in [5.41, 5.74) is 2.36. The number of hydrogen-bond acceptors (Lipinski definition) is 4. The Bertz CT molecular complexity index is 650. The van der Waals surface area contributed by atoms with Crippen molar-refractivity contribution in [2.45, 2.75) is 45.8 Å². The molecule has 0 radical (unpaired) electrons. The second kappa shape index (κ2) is 5.18. The van der Waals surface area contributed by atoms with Crippen molar-refractivity contribution in [1.82, 2.24) is 9.97 Å². The number of hydrogen-bond donors (Lipinski definition) is 0. The molecule has 114 valence electrons. The Morgan fingerprint density at radius 1 is 0.864 bits per heavy atom. The molecule has 3 rings (SSSR count). The molecule has 0 unspecified atom stereocenters. The van der Waals surface area contributed by atoms with E-state index in [1.165, 1.54) is 5.56 Å². The van der Waals surface area contributed by atoms with Crippen molar-refractivity contribution in [1.29, 1.82) is 0 Å². The van der Waals surface area contributed by atoms with Gasteiger partial charge in [0, 0.05) is 23.4 Å². The van der Waals surface area contributed by atoms with Gasteiger partial charge in [-0.3, -0.25) is 0 Å². The highest BCUT2D eigenvalue weighted by atomic mass is 16.7. The van der Waals surface area contributed by atoms with Crippen LogP contribution in [0.1, 0.15) is 33.3 Å². The molecule has 0 saturated carbocycles. The zero-order valence-corrected chi connectivity index (χ0v) is 13.8. The summed E-state index contributed by atoms with van der Waals surface area (Å²) >= 11 is 0. The molecule has 4 nitrogen and oxygen atoms in total. The molecule has 0 amide bonds. The molecule has 0 atom stereocenters. The Hall–Kier alpha value is -1.72. The van der Waals surface area contributed by atoms with Gasteiger partial charge in [-0.15, -0.1) is 0 Å². The summed E-state index contributed by atoms with van der Waals surface area (Å²) in [4.78, 5) is 8.90. The van der Waals surface area contributed by atoms with E-state index in [2.05, 4.69) is 29.0 Å². The molecule has 1 aromatic heterocycles. The third-order valence-corrected chi connectivity index (χ3v) is 4.51. The second-order valence-corrected chi connectivity index (χ2v) is 6.79. The lowest BCUT2D eigenvalue weighted by Crippen LogP contribution is -2.41. The third-order valence-electron chi connectivity index (χ3n) is 4.51. The van der Waals surface area contributed by atoms with Gasteiger partial charge in [-0.1, -0.05) is 29.8 Å². The van der Waals surface area contributed by atoms with Crippen molar-refractivity contribution in [3.8, 4) is 11.4 Å². The van der Waals surface area contributed by atoms with E-state index in [1.54, 1.807) is 12.4 Å². The summed E-state index contributed by atoms with van der Waals surface area (Å²) in [6.07, 6.45) is 3.56. The monoisotopic (exact) mass is 296 g/mol. The molecular weight excluding hydrogens is 275 g/mol. The van der Waals surface area contributed by atoms with Gasteiger partial charge in [0.15, 0.2) is 5.82 Å². The Morgan fingerprint density at radius 3 is 1.86 bits per heavy atom. The van der Waals surface area contributed by atoms with Crippen LogP contribution in [0, 0.1) is 6.92 Å². The van der Waals surface area contributed by atoms with Crippen LogP contribution in [0.15, 0.2) is 36.7 Å². The smallest absolute Gasteiger partial charge is 0.399 e. The quantitative estimate of drug-likeness (QED) is 0.799. The van der Waals surface area contributed by atoms with E-state index in [1.807, 2.05) is 39.8 Å². The zero-order valence-electron chi connectivity index (χ0n) is 13.8. The van der Waals surface area contributed by atoms with Crippen molar-refractivity contribution in [3.05, 3.63) is 42.2 Å². The van der Waals surface area contributed by atoms with E-state index < -0.39 is 7.12 Å². The molecule has 2 aromatic rings. The fraction of sp³-hybridized carbons (Fsp3) is 0.412. The van der Waals surface area contributed by atoms with E-state index in [-0.39, 0.29) is 11.2 Å². The summed E-state index contributed by atoms with van der Waals surface area (Å²) in [7, 11) is -0.419. The third kappa shape index (κ3) is 2.66. The maximum atomic E-state index is 6.01. The first-order chi connectivity index (χ1) is 10.3. The molecule has 0 aliphatic carbocycles. The van der Waals surface area contributed by atoms with Gasteiger partial charge in [0.1, 0.15) is 0 Å². The maximum absolute atomic E-state index is 6.01. The Morgan fingerprint density at radius 2 is 1.36 bits per heavy atom. The lowest BCUT2D eigenvalue weighted by molar-refractivity contribution is 0.00578. The van der Waals surface area contributed by atoms with Gasteiger partial charge in [-0.05, 0) is 34.6 Å². The van der Waals surface area contributed by atoms with E-state index >= 15 is 0 Å². The summed E-state index contributed by atoms with van der Waals surface area (Å²) in [5, 5.41) is 0. The standard InChI is InChI=1S/C17H21BN2O2/c1-12-6-8-13(9-7-12)15-19-10-14(11-20-15)18-21-16(2,3)17(4,5)22-18/h6-11H,1-5H3. The SMILES string of the molecule is Cc1ccc(-c2ncc(B3OC(C)(C)C(C)(C)O3)cn2)cc1. The lowest BCUT2D eigenvalue weighted by atomic mass is 9.81. The van der Waals surface area contributed by atoms with Crippen molar-refractivity contribution in [2.75, 3.05) is 0 Å². The van der Waals surface area contributed by atoms with Crippen LogP contribution in [0.2, 0.25) is 0 Å². The van der Waals surface area contributed by atoms with Gasteiger partial charge in [-0.2, -0.15) is 0 Å². The minimum Gasteiger partial charge on any atom is -0.399 e. The zero-order chi connectivity index (χ0) is 16.0. The average Bonchev–Trinajstić information content (AvgIpc) is 2.68. The molecule has 5 heteroatoms. The van der Waals surface area contributed by atoms with Gasteiger partial charge >= 0.3 is 7.12 Å². The second-order valence-electron chi connectivity index (χ2n) is 6.79. The molecule has 22 heavy (non-hydrogen) atoms. The summed E-state index contributed by atoms with van der Waals surface area (Å²) in [6.45, 7) is 10.2. The van der Waals surface area contributed by atoms with Crippen LogP contribution in [0.5, 0.6) is 0 Å². The van der Waals surface area contributed by atoms with E-state index in [4.69, 9.17) is 9.31 Å². The number of rotatable bonds is 2. The van der Waals surface area contributed by atoms with Gasteiger partial charge in [0.25, 0.3) is 0 Å². The van der Waals surface area contributed by atoms with Gasteiger partial charge in [0.05, 0.1) is 11.2 Å². The predicted octanol–water partition coefficient (Wildman–Crippen LogP) is 2.75. The van der Waals surface area contributed by atoms with E-state index in [0.29, 0.717) is 5.82 Å². The number of aromatic nitrogens is 2. The molecular formula is C17H21BN2O2. The molecule has 1 fully saturated rings. The normalized spacial score (nSPS) is 19.4. The molecule has 1 aromatic carbocycles. The minimum atomic E-state index is -0.419. The van der Waals surface area contributed by atoms with Crippen molar-refractivity contribution in [3.63, 3.8) is 0 Å². The molecule has 1 aliphatic heterocycles. The van der Waals surface area contributed by atoms with Crippen LogP contribution in [0.3, 0.4) is 0 Å². The number of aryl methyl sites for hydroxylation is 1. The predicted molar refractivity (Wildman–Crippen MR) is 87.9 cm³/mol. The molecule has 1 aliphatic rings. The fourth-order valence-electron chi connectivity index (χ4n) is 2.29. The topological polar surface area (TPSA) is 44.2 Å². The Labute approximate surface area is 132 Å². The van der Waals surface area contributed by atoms with E-state index in [0.717, 1.165) is 11.0 Å². The summed E-state index contributed by atoms with van der Waals surface area (Å²) < 4.78 is 12.0. The lowest BCUT2D eigenvalue weighted by Gasteiger charge is -2.32. The fourth-order valence-corrected chi connectivity index (χ4v) is 2.29. The van der Waals surface area contributed by atoms with Crippen LogP contribution in [0.25, 0.3) is 11.4 Å². The van der Waals surface area contributed by atoms with Crippen LogP contribution in [0.4, 0.5) is 0 Å². The van der Waals surface area contributed by atoms with Crippen LogP contribution < -0.4 is 5.46 Å². The van der Waals surface area contributed by atoms with Crippen LogP contribution >= 0.6 is 0 Å².